The van der Waals surface area contributed by atoms with E-state index in [-0.39, 0.29) is 22.6 Å². The number of anilines is 1. The third-order valence-electron chi connectivity index (χ3n) is 5.73. The molecule has 4 rings (SSSR count). The molecule has 1 amide bonds. The molecule has 2 N–H and O–H groups in total. The van der Waals surface area contributed by atoms with Crippen LogP contribution in [0.5, 0.6) is 5.75 Å². The number of nitrogens with zero attached hydrogens (tertiary/aromatic N) is 1. The molecule has 0 bridgehead atoms. The lowest BCUT2D eigenvalue weighted by Gasteiger charge is -2.35. The van der Waals surface area contributed by atoms with Gasteiger partial charge >= 0.3 is 0 Å². The molecule has 0 spiro atoms. The fraction of sp³-hybridized carbons (Fsp3) is 0.185. The highest BCUT2D eigenvalue weighted by atomic mass is 16.6. The van der Waals surface area contributed by atoms with Crippen molar-refractivity contribution in [3.05, 3.63) is 105 Å². The molecule has 8 heteroatoms. The third-order valence-corrected chi connectivity index (χ3v) is 5.73. The predicted octanol–water partition coefficient (Wildman–Crippen LogP) is 5.00. The van der Waals surface area contributed by atoms with Gasteiger partial charge in [0.1, 0.15) is 5.75 Å². The maximum Gasteiger partial charge on any atom is 0.269 e. The Morgan fingerprint density at radius 3 is 2.49 bits per heavy atom. The molecule has 35 heavy (non-hydrogen) atoms. The smallest absolute Gasteiger partial charge is 0.269 e. The molecule has 3 aromatic carbocycles. The number of amides is 1. The van der Waals surface area contributed by atoms with Crippen LogP contribution in [-0.4, -0.2) is 29.3 Å². The van der Waals surface area contributed by atoms with E-state index in [1.54, 1.807) is 37.5 Å². The van der Waals surface area contributed by atoms with Gasteiger partial charge in [-0.2, -0.15) is 0 Å². The van der Waals surface area contributed by atoms with Gasteiger partial charge in [0.05, 0.1) is 12.0 Å². The number of hydrogen-bond acceptors (Lipinski definition) is 6. The molecular weight excluding hydrogens is 446 g/mol. The fourth-order valence-electron chi connectivity index (χ4n) is 4.06. The average molecular weight is 472 g/mol. The molecule has 0 aliphatic carbocycles. The first-order valence-corrected chi connectivity index (χ1v) is 11.0. The second kappa shape index (κ2) is 9.42. The summed E-state index contributed by atoms with van der Waals surface area (Å²) in [7, 11) is 1.60. The van der Waals surface area contributed by atoms with Crippen LogP contribution in [-0.2, 0) is 6.42 Å². The van der Waals surface area contributed by atoms with Gasteiger partial charge in [-0.15, -0.1) is 0 Å². The second-order valence-electron chi connectivity index (χ2n) is 8.97. The quantitative estimate of drug-likeness (QED) is 0.226. The molecule has 0 radical (unpaired) electrons. The Kier molecular flexibility index (Phi) is 6.38. The number of carbonyl (C=O) groups is 2. The number of hydrogen-bond donors (Lipinski definition) is 2. The Balaban J connectivity index is 1.57. The van der Waals surface area contributed by atoms with E-state index in [9.17, 15) is 19.7 Å². The lowest BCUT2D eigenvalue weighted by Crippen LogP contribution is -2.43. The van der Waals surface area contributed by atoms with Gasteiger partial charge in [0.25, 0.3) is 11.6 Å². The Morgan fingerprint density at radius 1 is 1.06 bits per heavy atom. The van der Waals surface area contributed by atoms with E-state index in [0.717, 1.165) is 17.5 Å². The van der Waals surface area contributed by atoms with Crippen molar-refractivity contribution in [1.29, 1.82) is 0 Å². The van der Waals surface area contributed by atoms with E-state index in [4.69, 9.17) is 4.74 Å². The van der Waals surface area contributed by atoms with Gasteiger partial charge in [-0.05, 0) is 62.2 Å². The van der Waals surface area contributed by atoms with Crippen molar-refractivity contribution in [3.8, 4) is 5.75 Å². The van der Waals surface area contributed by atoms with Crippen molar-refractivity contribution in [1.82, 2.24) is 5.32 Å². The minimum Gasteiger partial charge on any atom is -0.497 e. The molecule has 8 nitrogen and oxygen atoms in total. The van der Waals surface area contributed by atoms with Crippen LogP contribution in [0.4, 0.5) is 11.4 Å². The van der Waals surface area contributed by atoms with Gasteiger partial charge in [-0.3, -0.25) is 19.7 Å². The first-order valence-electron chi connectivity index (χ1n) is 11.0. The van der Waals surface area contributed by atoms with Crippen molar-refractivity contribution in [2.75, 3.05) is 12.4 Å². The second-order valence-corrected chi connectivity index (χ2v) is 8.97. The number of carbonyl (C=O) groups excluding carboxylic acids is 2. The Hall–Kier alpha value is -4.46. The van der Waals surface area contributed by atoms with Crippen molar-refractivity contribution in [2.45, 2.75) is 25.8 Å². The first kappa shape index (κ1) is 23.7. The van der Waals surface area contributed by atoms with E-state index < -0.39 is 10.8 Å². The number of nitro groups is 1. The zero-order chi connectivity index (χ0) is 25.2. The summed E-state index contributed by atoms with van der Waals surface area (Å²) in [6.45, 7) is 4.15. The zero-order valence-corrected chi connectivity index (χ0v) is 19.6. The van der Waals surface area contributed by atoms with E-state index >= 15 is 0 Å². The average Bonchev–Trinajstić information content (AvgIpc) is 2.83. The molecule has 178 valence electrons. The van der Waals surface area contributed by atoms with Crippen molar-refractivity contribution in [2.24, 2.45) is 0 Å². The van der Waals surface area contributed by atoms with Crippen molar-refractivity contribution in [3.63, 3.8) is 0 Å². The Labute approximate surface area is 202 Å². The number of nitrogens with one attached hydrogen (secondary N) is 2. The molecular formula is C27H25N3O5. The fourth-order valence-corrected chi connectivity index (χ4v) is 4.06. The summed E-state index contributed by atoms with van der Waals surface area (Å²) in [4.78, 5) is 36.0. The number of methoxy groups -OCH3 is 1. The van der Waals surface area contributed by atoms with Crippen molar-refractivity contribution >= 4 is 28.8 Å². The van der Waals surface area contributed by atoms with Crippen LogP contribution in [0.15, 0.2) is 72.8 Å². The van der Waals surface area contributed by atoms with Gasteiger partial charge in [0.15, 0.2) is 5.78 Å². The number of rotatable bonds is 6. The molecule has 1 aliphatic heterocycles. The summed E-state index contributed by atoms with van der Waals surface area (Å²) in [6, 6.07) is 17.8. The van der Waals surface area contributed by atoms with Crippen LogP contribution >= 0.6 is 0 Å². The van der Waals surface area contributed by atoms with Gasteiger partial charge in [0.2, 0.25) is 0 Å². The maximum absolute atomic E-state index is 13.2. The van der Waals surface area contributed by atoms with Gasteiger partial charge in [0, 0.05) is 51.8 Å². The Morgan fingerprint density at radius 2 is 1.80 bits per heavy atom. The van der Waals surface area contributed by atoms with Gasteiger partial charge in [-0.25, -0.2) is 0 Å². The summed E-state index contributed by atoms with van der Waals surface area (Å²) in [6.07, 6.45) is 2.37. The molecule has 0 saturated carbocycles. The van der Waals surface area contributed by atoms with E-state index in [2.05, 4.69) is 24.5 Å². The number of ketones is 1. The summed E-state index contributed by atoms with van der Waals surface area (Å²) in [5, 5.41) is 17.0. The topological polar surface area (TPSA) is 111 Å². The third kappa shape index (κ3) is 5.38. The zero-order valence-electron chi connectivity index (χ0n) is 19.6. The van der Waals surface area contributed by atoms with Gasteiger partial charge < -0.3 is 15.4 Å². The minimum absolute atomic E-state index is 0.0964. The molecule has 0 fully saturated rings. The highest BCUT2D eigenvalue weighted by molar-refractivity contribution is 6.10. The van der Waals surface area contributed by atoms with Crippen LogP contribution in [0.2, 0.25) is 0 Å². The molecule has 3 aromatic rings. The molecule has 1 aliphatic rings. The van der Waals surface area contributed by atoms with E-state index in [1.807, 2.05) is 18.2 Å². The lowest BCUT2D eigenvalue weighted by molar-refractivity contribution is -0.384. The number of fused-ring (bicyclic) bond motifs is 1. The minimum atomic E-state index is -0.526. The number of benzene rings is 3. The van der Waals surface area contributed by atoms with Crippen molar-refractivity contribution < 1.29 is 19.2 Å². The Bertz CT molecular complexity index is 1340. The number of non-ortho nitro benzene ring substituents is 1. The summed E-state index contributed by atoms with van der Waals surface area (Å²) < 4.78 is 5.36. The van der Waals surface area contributed by atoms with Crippen LogP contribution < -0.4 is 15.4 Å². The number of allylic oxidation sites excluding steroid dienone is 1. The lowest BCUT2D eigenvalue weighted by atomic mass is 9.85. The van der Waals surface area contributed by atoms with E-state index in [1.165, 1.54) is 24.3 Å². The monoisotopic (exact) mass is 471 g/mol. The summed E-state index contributed by atoms with van der Waals surface area (Å²) in [5.74, 6) is 0.0598. The number of nitro benzene ring substituents is 1. The first-order chi connectivity index (χ1) is 16.6. The molecule has 0 unspecified atom stereocenters. The molecule has 1 heterocycles. The highest BCUT2D eigenvalue weighted by Crippen LogP contribution is 2.32. The predicted molar refractivity (Wildman–Crippen MR) is 134 cm³/mol. The van der Waals surface area contributed by atoms with Crippen LogP contribution in [0.1, 0.15) is 45.7 Å². The molecule has 0 aromatic heterocycles. The SMILES string of the molecule is COc1ccc2c(c1)/C(=C/C(=O)c1cccc(NC(=O)c3ccc([N+](=O)[O-])cc3)c1)NC(C)(C)C2. The van der Waals surface area contributed by atoms with Crippen LogP contribution in [0, 0.1) is 10.1 Å². The summed E-state index contributed by atoms with van der Waals surface area (Å²) in [5.41, 5.74) is 3.55. The summed E-state index contributed by atoms with van der Waals surface area (Å²) >= 11 is 0. The van der Waals surface area contributed by atoms with Gasteiger partial charge in [-0.1, -0.05) is 18.2 Å². The highest BCUT2D eigenvalue weighted by Gasteiger charge is 2.28. The van der Waals surface area contributed by atoms with Crippen LogP contribution in [0.3, 0.4) is 0 Å². The van der Waals surface area contributed by atoms with Crippen LogP contribution in [0.25, 0.3) is 5.70 Å². The standard InChI is InChI=1S/C27H25N3O5/c1-27(2)16-19-9-12-22(35-3)14-23(19)24(29-27)15-25(31)18-5-4-6-20(13-18)28-26(32)17-7-10-21(11-8-17)30(33)34/h4-15,29H,16H2,1-3H3,(H,28,32)/b24-15-. The maximum atomic E-state index is 13.2. The number of ether oxygens (including phenoxy) is 1. The normalized spacial score (nSPS) is 15.0. The van der Waals surface area contributed by atoms with E-state index in [0.29, 0.717) is 22.7 Å². The largest absolute Gasteiger partial charge is 0.497 e. The molecule has 0 atom stereocenters. The molecule has 0 saturated heterocycles.